The Kier molecular flexibility index (Phi) is 13.4. The Morgan fingerprint density at radius 3 is 1.51 bits per heavy atom. The third kappa shape index (κ3) is 12.6. The van der Waals surface area contributed by atoms with Crippen LogP contribution in [0.3, 0.4) is 0 Å². The van der Waals surface area contributed by atoms with Gasteiger partial charge in [0.15, 0.2) is 6.10 Å². The van der Waals surface area contributed by atoms with Crippen molar-refractivity contribution in [1.29, 1.82) is 0 Å². The SMILES string of the molecule is O=C=NCc1ccc(NC(=O)OCC(COC(=O)Nc2cccc(CN=C=O)c2)OC(=O)Nc2cccc(CN=C=O)c2)cc1. The molecule has 0 aliphatic rings. The second-order valence-corrected chi connectivity index (χ2v) is 8.92. The molecule has 0 bridgehead atoms. The minimum absolute atomic E-state index is 0.0607. The molecule has 0 saturated heterocycles. The maximum absolute atomic E-state index is 12.7. The molecule has 0 spiro atoms. The number of hydrogen-bond acceptors (Lipinski definition) is 12. The van der Waals surface area contributed by atoms with Crippen LogP contribution in [0, 0.1) is 0 Å². The van der Waals surface area contributed by atoms with Gasteiger partial charge in [0.1, 0.15) is 13.2 Å². The second-order valence-electron chi connectivity index (χ2n) is 8.92. The number of nitrogens with zero attached hydrogens (tertiary/aromatic N) is 3. The number of isocyanates is 3. The summed E-state index contributed by atoms with van der Waals surface area (Å²) in [4.78, 5) is 79.0. The molecule has 0 heterocycles. The Morgan fingerprint density at radius 2 is 1.02 bits per heavy atom. The van der Waals surface area contributed by atoms with Gasteiger partial charge in [-0.2, -0.15) is 0 Å². The molecule has 45 heavy (non-hydrogen) atoms. The van der Waals surface area contributed by atoms with Gasteiger partial charge in [0.25, 0.3) is 0 Å². The van der Waals surface area contributed by atoms with E-state index in [0.29, 0.717) is 28.2 Å². The first-order valence-electron chi connectivity index (χ1n) is 13.1. The van der Waals surface area contributed by atoms with Crippen LogP contribution in [0.5, 0.6) is 0 Å². The Labute approximate surface area is 256 Å². The standard InChI is InChI=1S/C30H26N6O9/c37-18-31-13-21-7-9-24(10-8-21)34-28(40)43-16-27(45-30(42)36-26-6-2-4-23(12-26)15-33-20-39)17-44-29(41)35-25-5-1-3-22(11-25)14-32-19-38/h1-12,27H,13-17H2,(H,34,40)(H,35,41)(H,36,42). The molecular formula is C30H26N6O9. The van der Waals surface area contributed by atoms with E-state index >= 15 is 0 Å². The maximum atomic E-state index is 12.7. The summed E-state index contributed by atoms with van der Waals surface area (Å²) in [5.74, 6) is 0. The Balaban J connectivity index is 1.61. The van der Waals surface area contributed by atoms with E-state index in [9.17, 15) is 28.8 Å². The van der Waals surface area contributed by atoms with Crippen molar-refractivity contribution in [1.82, 2.24) is 0 Å². The van der Waals surface area contributed by atoms with Crippen molar-refractivity contribution in [2.45, 2.75) is 25.7 Å². The molecule has 0 aliphatic heterocycles. The van der Waals surface area contributed by atoms with Gasteiger partial charge in [-0.05, 0) is 53.1 Å². The zero-order valence-electron chi connectivity index (χ0n) is 23.6. The average molecular weight is 615 g/mol. The van der Waals surface area contributed by atoms with E-state index in [1.807, 2.05) is 0 Å². The van der Waals surface area contributed by atoms with Crippen LogP contribution in [0.15, 0.2) is 87.8 Å². The lowest BCUT2D eigenvalue weighted by molar-refractivity contribution is 0.0176. The predicted octanol–water partition coefficient (Wildman–Crippen LogP) is 4.61. The minimum atomic E-state index is -1.24. The average Bonchev–Trinajstić information content (AvgIpc) is 3.04. The number of anilines is 3. The van der Waals surface area contributed by atoms with Crippen LogP contribution >= 0.6 is 0 Å². The number of hydrogen-bond donors (Lipinski definition) is 3. The summed E-state index contributed by atoms with van der Waals surface area (Å²) in [5, 5.41) is 7.51. The highest BCUT2D eigenvalue weighted by atomic mass is 16.6. The zero-order chi connectivity index (χ0) is 32.3. The molecule has 15 heteroatoms. The fourth-order valence-corrected chi connectivity index (χ4v) is 3.62. The number of aliphatic imine (C=N–C) groups is 3. The highest BCUT2D eigenvalue weighted by molar-refractivity contribution is 5.86. The molecule has 1 atom stereocenters. The molecule has 3 N–H and O–H groups in total. The van der Waals surface area contributed by atoms with Gasteiger partial charge in [-0.1, -0.05) is 36.4 Å². The Hall–Kier alpha value is -6.39. The zero-order valence-corrected chi connectivity index (χ0v) is 23.6. The van der Waals surface area contributed by atoms with Gasteiger partial charge in [-0.3, -0.25) is 16.0 Å². The maximum Gasteiger partial charge on any atom is 0.412 e. The highest BCUT2D eigenvalue weighted by Gasteiger charge is 2.20. The fraction of sp³-hybridized carbons (Fsp3) is 0.200. The van der Waals surface area contributed by atoms with Crippen molar-refractivity contribution < 1.29 is 43.0 Å². The van der Waals surface area contributed by atoms with Gasteiger partial charge in [0.05, 0.1) is 19.6 Å². The quantitative estimate of drug-likeness (QED) is 0.132. The van der Waals surface area contributed by atoms with Gasteiger partial charge in [-0.15, -0.1) is 0 Å². The first kappa shape index (κ1) is 33.1. The van der Waals surface area contributed by atoms with Crippen LogP contribution in [0.2, 0.25) is 0 Å². The van der Waals surface area contributed by atoms with E-state index in [4.69, 9.17) is 14.2 Å². The molecule has 0 saturated carbocycles. The normalized spacial score (nSPS) is 10.4. The van der Waals surface area contributed by atoms with Crippen LogP contribution in [0.1, 0.15) is 16.7 Å². The lowest BCUT2D eigenvalue weighted by Gasteiger charge is -2.19. The summed E-state index contributed by atoms with van der Waals surface area (Å²) in [5.41, 5.74) is 3.04. The number of nitrogens with one attached hydrogen (secondary N) is 3. The Bertz CT molecular complexity index is 1630. The number of rotatable bonds is 14. The number of amides is 3. The van der Waals surface area contributed by atoms with Gasteiger partial charge >= 0.3 is 18.3 Å². The molecule has 3 aromatic carbocycles. The molecule has 230 valence electrons. The van der Waals surface area contributed by atoms with Gasteiger partial charge in [0.2, 0.25) is 18.2 Å². The van der Waals surface area contributed by atoms with Crippen LogP contribution < -0.4 is 16.0 Å². The molecule has 3 amide bonds. The smallest absolute Gasteiger partial charge is 0.412 e. The van der Waals surface area contributed by atoms with E-state index in [2.05, 4.69) is 30.9 Å². The topological polar surface area (TPSA) is 203 Å². The van der Waals surface area contributed by atoms with Gasteiger partial charge < -0.3 is 14.2 Å². The van der Waals surface area contributed by atoms with Crippen molar-refractivity contribution in [2.75, 3.05) is 29.2 Å². The highest BCUT2D eigenvalue weighted by Crippen LogP contribution is 2.15. The fourth-order valence-electron chi connectivity index (χ4n) is 3.62. The van der Waals surface area contributed by atoms with Crippen molar-refractivity contribution >= 4 is 53.6 Å². The predicted molar refractivity (Wildman–Crippen MR) is 159 cm³/mol. The number of benzene rings is 3. The van der Waals surface area contributed by atoms with E-state index in [0.717, 1.165) is 5.56 Å². The van der Waals surface area contributed by atoms with Crippen molar-refractivity contribution in [3.05, 3.63) is 89.5 Å². The minimum Gasteiger partial charge on any atom is -0.445 e. The molecule has 15 nitrogen and oxygen atoms in total. The van der Waals surface area contributed by atoms with Crippen LogP contribution in [-0.4, -0.2) is 55.8 Å². The summed E-state index contributed by atoms with van der Waals surface area (Å²) >= 11 is 0. The lowest BCUT2D eigenvalue weighted by atomic mass is 10.2. The van der Waals surface area contributed by atoms with E-state index in [1.165, 1.54) is 18.2 Å². The van der Waals surface area contributed by atoms with Gasteiger partial charge in [-0.25, -0.2) is 43.7 Å². The monoisotopic (exact) mass is 614 g/mol. The van der Waals surface area contributed by atoms with E-state index < -0.39 is 37.6 Å². The van der Waals surface area contributed by atoms with Gasteiger partial charge in [0, 0.05) is 17.1 Å². The van der Waals surface area contributed by atoms with E-state index in [-0.39, 0.29) is 19.6 Å². The van der Waals surface area contributed by atoms with Crippen molar-refractivity contribution in [3.63, 3.8) is 0 Å². The van der Waals surface area contributed by atoms with Crippen molar-refractivity contribution in [3.8, 4) is 0 Å². The van der Waals surface area contributed by atoms with Crippen LogP contribution in [-0.2, 0) is 48.2 Å². The number of carbonyl (C=O) groups is 3. The number of carbonyl (C=O) groups excluding carboxylic acids is 6. The summed E-state index contributed by atoms with van der Waals surface area (Å²) in [6.45, 7) is -0.719. The van der Waals surface area contributed by atoms with E-state index in [1.54, 1.807) is 72.8 Å². The molecule has 3 rings (SSSR count). The molecule has 0 fully saturated rings. The first-order chi connectivity index (χ1) is 21.9. The van der Waals surface area contributed by atoms with Crippen molar-refractivity contribution in [2.24, 2.45) is 15.0 Å². The summed E-state index contributed by atoms with van der Waals surface area (Å²) in [6.07, 6.45) is 0.355. The summed E-state index contributed by atoms with van der Waals surface area (Å²) < 4.78 is 15.8. The van der Waals surface area contributed by atoms with Crippen LogP contribution in [0.4, 0.5) is 31.4 Å². The van der Waals surface area contributed by atoms with Crippen LogP contribution in [0.25, 0.3) is 0 Å². The lowest BCUT2D eigenvalue weighted by Crippen LogP contribution is -2.34. The summed E-state index contributed by atoms with van der Waals surface area (Å²) in [7, 11) is 0. The molecular weight excluding hydrogens is 588 g/mol. The number of ether oxygens (including phenoxy) is 3. The second kappa shape index (κ2) is 18.2. The Morgan fingerprint density at radius 1 is 0.578 bits per heavy atom. The molecule has 0 radical (unpaired) electrons. The molecule has 0 aromatic heterocycles. The first-order valence-corrected chi connectivity index (χ1v) is 13.1. The molecule has 3 aromatic rings. The third-order valence-corrected chi connectivity index (χ3v) is 5.60. The third-order valence-electron chi connectivity index (χ3n) is 5.60. The summed E-state index contributed by atoms with van der Waals surface area (Å²) in [6, 6.07) is 19.4. The largest absolute Gasteiger partial charge is 0.445 e. The molecule has 1 unspecified atom stereocenters. The molecule has 0 aliphatic carbocycles.